The topological polar surface area (TPSA) is 84.3 Å². The van der Waals surface area contributed by atoms with Crippen LogP contribution in [0.25, 0.3) is 22.8 Å². The highest BCUT2D eigenvalue weighted by atomic mass is 32.1. The molecule has 0 fully saturated rings. The molecule has 0 atom stereocenters. The lowest BCUT2D eigenvalue weighted by Gasteiger charge is -2.14. The number of rotatable bonds is 4. The van der Waals surface area contributed by atoms with Crippen molar-refractivity contribution >= 4 is 22.4 Å². The Morgan fingerprint density at radius 1 is 1.12 bits per heavy atom. The molecule has 2 N–H and O–H groups in total. The molecule has 1 aromatic carbocycles. The smallest absolute Gasteiger partial charge is 0.197 e. The maximum atomic E-state index is 5.19. The van der Waals surface area contributed by atoms with Crippen LogP contribution in [0, 0.1) is 0 Å². The molecule has 0 radical (unpaired) electrons. The summed E-state index contributed by atoms with van der Waals surface area (Å²) in [6.07, 6.45) is 2.81. The fourth-order valence-corrected chi connectivity index (χ4v) is 3.25. The lowest BCUT2D eigenvalue weighted by atomic mass is 10.2. The Morgan fingerprint density at radius 3 is 2.77 bits per heavy atom. The quantitative estimate of drug-likeness (QED) is 0.738. The summed E-state index contributed by atoms with van der Waals surface area (Å²) in [6.45, 7) is 1.77. The Labute approximate surface area is 155 Å². The van der Waals surface area contributed by atoms with E-state index in [-0.39, 0.29) is 0 Å². The molecule has 4 rings (SSSR count). The van der Waals surface area contributed by atoms with Crippen LogP contribution in [0.4, 0.5) is 5.13 Å². The molecule has 3 aromatic rings. The van der Waals surface area contributed by atoms with E-state index in [9.17, 15) is 0 Å². The van der Waals surface area contributed by atoms with E-state index in [1.54, 1.807) is 13.3 Å². The first-order valence-electron chi connectivity index (χ1n) is 8.30. The first-order valence-corrected chi connectivity index (χ1v) is 9.18. The largest absolute Gasteiger partial charge is 0.497 e. The molecular formula is C18H18N6OS. The second-order valence-corrected chi connectivity index (χ2v) is 6.53. The third-order valence-electron chi connectivity index (χ3n) is 3.89. The monoisotopic (exact) mass is 366 g/mol. The fourth-order valence-electron chi connectivity index (χ4n) is 2.55. The number of benzene rings is 1. The molecule has 1 aliphatic rings. The van der Waals surface area contributed by atoms with Crippen LogP contribution >= 0.6 is 11.3 Å². The van der Waals surface area contributed by atoms with Crippen LogP contribution in [0.5, 0.6) is 5.75 Å². The summed E-state index contributed by atoms with van der Waals surface area (Å²) in [7, 11) is 1.65. The fraction of sp³-hybridized carbons (Fsp3) is 0.222. The highest BCUT2D eigenvalue weighted by molar-refractivity contribution is 7.14. The number of aromatic nitrogens is 3. The summed E-state index contributed by atoms with van der Waals surface area (Å²) < 4.78 is 5.19. The minimum atomic E-state index is 0.658. The lowest BCUT2D eigenvalue weighted by Crippen LogP contribution is -2.35. The SMILES string of the molecule is COc1ccc(-c2nccc(-c3csc(NC4=NCCCN4)n3)n2)cc1. The van der Waals surface area contributed by atoms with E-state index >= 15 is 0 Å². The average Bonchev–Trinajstić information content (AvgIpc) is 3.17. The van der Waals surface area contributed by atoms with Gasteiger partial charge < -0.3 is 15.4 Å². The predicted octanol–water partition coefficient (Wildman–Crippen LogP) is 3.04. The second-order valence-electron chi connectivity index (χ2n) is 5.67. The molecule has 8 heteroatoms. The van der Waals surface area contributed by atoms with Crippen LogP contribution in [0.3, 0.4) is 0 Å². The van der Waals surface area contributed by atoms with Gasteiger partial charge in [-0.15, -0.1) is 11.3 Å². The summed E-state index contributed by atoms with van der Waals surface area (Å²) in [5.41, 5.74) is 2.53. The minimum absolute atomic E-state index is 0.658. The number of hydrogen-bond donors (Lipinski definition) is 2. The third kappa shape index (κ3) is 3.65. The zero-order valence-corrected chi connectivity index (χ0v) is 15.1. The molecule has 0 aliphatic carbocycles. The Morgan fingerprint density at radius 2 is 2.00 bits per heavy atom. The van der Waals surface area contributed by atoms with Gasteiger partial charge in [-0.3, -0.25) is 4.99 Å². The van der Waals surface area contributed by atoms with E-state index in [4.69, 9.17) is 4.74 Å². The van der Waals surface area contributed by atoms with Crippen molar-refractivity contribution in [2.75, 3.05) is 25.5 Å². The number of anilines is 1. The Bertz CT molecular complexity index is 921. The summed E-state index contributed by atoms with van der Waals surface area (Å²) in [5.74, 6) is 2.24. The van der Waals surface area contributed by atoms with Crippen LogP contribution in [0.1, 0.15) is 6.42 Å². The van der Waals surface area contributed by atoms with Crippen molar-refractivity contribution in [3.63, 3.8) is 0 Å². The molecule has 3 heterocycles. The van der Waals surface area contributed by atoms with Crippen molar-refractivity contribution < 1.29 is 4.74 Å². The first-order chi connectivity index (χ1) is 12.8. The number of hydrogen-bond acceptors (Lipinski definition) is 8. The average molecular weight is 366 g/mol. The molecule has 0 amide bonds. The van der Waals surface area contributed by atoms with Gasteiger partial charge in [-0.05, 0) is 36.8 Å². The van der Waals surface area contributed by atoms with Crippen LogP contribution in [0.2, 0.25) is 0 Å². The molecule has 1 aliphatic heterocycles. The van der Waals surface area contributed by atoms with E-state index in [1.807, 2.05) is 35.7 Å². The van der Waals surface area contributed by atoms with Crippen LogP contribution < -0.4 is 15.4 Å². The van der Waals surface area contributed by atoms with Gasteiger partial charge in [0.05, 0.1) is 12.8 Å². The number of thiazole rings is 1. The summed E-state index contributed by atoms with van der Waals surface area (Å²) >= 11 is 1.52. The van der Waals surface area contributed by atoms with Gasteiger partial charge in [0.25, 0.3) is 0 Å². The summed E-state index contributed by atoms with van der Waals surface area (Å²) in [4.78, 5) is 18.0. The van der Waals surface area contributed by atoms with Gasteiger partial charge in [0, 0.05) is 30.2 Å². The molecule has 0 saturated carbocycles. The van der Waals surface area contributed by atoms with E-state index in [2.05, 4.69) is 30.6 Å². The first kappa shape index (κ1) is 16.5. The van der Waals surface area contributed by atoms with Crippen molar-refractivity contribution in [1.29, 1.82) is 0 Å². The normalized spacial score (nSPS) is 13.7. The number of nitrogens with zero attached hydrogens (tertiary/aromatic N) is 4. The van der Waals surface area contributed by atoms with Crippen LogP contribution in [-0.4, -0.2) is 41.1 Å². The van der Waals surface area contributed by atoms with Crippen molar-refractivity contribution in [1.82, 2.24) is 20.3 Å². The summed E-state index contributed by atoms with van der Waals surface area (Å²) in [5, 5.41) is 9.21. The van der Waals surface area contributed by atoms with Crippen LogP contribution in [0.15, 0.2) is 46.9 Å². The Hall–Kier alpha value is -3.00. The third-order valence-corrected chi connectivity index (χ3v) is 4.65. The molecule has 7 nitrogen and oxygen atoms in total. The summed E-state index contributed by atoms with van der Waals surface area (Å²) in [6, 6.07) is 9.54. The molecule has 26 heavy (non-hydrogen) atoms. The molecular weight excluding hydrogens is 348 g/mol. The lowest BCUT2D eigenvalue weighted by molar-refractivity contribution is 0.415. The molecule has 0 spiro atoms. The minimum Gasteiger partial charge on any atom is -0.497 e. The highest BCUT2D eigenvalue weighted by Crippen LogP contribution is 2.25. The van der Waals surface area contributed by atoms with Gasteiger partial charge in [-0.1, -0.05) is 0 Å². The Balaban J connectivity index is 1.55. The standard InChI is InChI=1S/C18H18N6OS/c1-25-13-5-3-12(4-6-13)16-19-10-7-14(22-16)15-11-26-18(23-15)24-17-20-8-2-9-21-17/h3-7,10-11H,2,8-9H2,1H3,(H2,20,21,23,24). The van der Waals surface area contributed by atoms with Crippen molar-refractivity contribution in [3.8, 4) is 28.5 Å². The zero-order chi connectivity index (χ0) is 17.8. The number of ether oxygens (including phenoxy) is 1. The highest BCUT2D eigenvalue weighted by Gasteiger charge is 2.11. The van der Waals surface area contributed by atoms with E-state index in [0.717, 1.165) is 53.3 Å². The zero-order valence-electron chi connectivity index (χ0n) is 14.3. The molecule has 0 saturated heterocycles. The van der Waals surface area contributed by atoms with E-state index in [0.29, 0.717) is 5.82 Å². The number of aliphatic imine (C=N–C) groups is 1. The van der Waals surface area contributed by atoms with Crippen molar-refractivity contribution in [2.45, 2.75) is 6.42 Å². The van der Waals surface area contributed by atoms with Crippen LogP contribution in [-0.2, 0) is 0 Å². The Kier molecular flexibility index (Phi) is 4.74. The second kappa shape index (κ2) is 7.49. The van der Waals surface area contributed by atoms with Gasteiger partial charge in [0.15, 0.2) is 16.9 Å². The molecule has 2 aromatic heterocycles. The van der Waals surface area contributed by atoms with E-state index in [1.165, 1.54) is 11.3 Å². The maximum absolute atomic E-state index is 5.19. The maximum Gasteiger partial charge on any atom is 0.197 e. The number of methoxy groups -OCH3 is 1. The number of nitrogens with one attached hydrogen (secondary N) is 2. The predicted molar refractivity (Wildman–Crippen MR) is 104 cm³/mol. The molecule has 132 valence electrons. The van der Waals surface area contributed by atoms with E-state index < -0.39 is 0 Å². The van der Waals surface area contributed by atoms with Gasteiger partial charge in [-0.2, -0.15) is 0 Å². The van der Waals surface area contributed by atoms with Crippen molar-refractivity contribution in [2.24, 2.45) is 4.99 Å². The van der Waals surface area contributed by atoms with Gasteiger partial charge in [-0.25, -0.2) is 15.0 Å². The number of guanidine groups is 1. The van der Waals surface area contributed by atoms with Gasteiger partial charge >= 0.3 is 0 Å². The van der Waals surface area contributed by atoms with Crippen molar-refractivity contribution in [3.05, 3.63) is 41.9 Å². The molecule has 0 unspecified atom stereocenters. The van der Waals surface area contributed by atoms with Gasteiger partial charge in [0.2, 0.25) is 0 Å². The molecule has 0 bridgehead atoms. The van der Waals surface area contributed by atoms with Gasteiger partial charge in [0.1, 0.15) is 11.4 Å².